The van der Waals surface area contributed by atoms with Crippen LogP contribution in [0.4, 0.5) is 0 Å². The van der Waals surface area contributed by atoms with E-state index in [9.17, 15) is 0 Å². The quantitative estimate of drug-likeness (QED) is 0.309. The average Bonchev–Trinajstić information content (AvgIpc) is 2.80. The third kappa shape index (κ3) is 3.21. The molecule has 0 unspecified atom stereocenters. The van der Waals surface area contributed by atoms with Crippen molar-refractivity contribution < 1.29 is 0 Å². The van der Waals surface area contributed by atoms with Gasteiger partial charge in [-0.2, -0.15) is 0 Å². The molecule has 0 saturated heterocycles. The Balaban J connectivity index is 1.43. The molecule has 0 aromatic heterocycles. The second-order valence-corrected chi connectivity index (χ2v) is 7.08. The van der Waals surface area contributed by atoms with Crippen LogP contribution in [0.1, 0.15) is 0 Å². The van der Waals surface area contributed by atoms with Crippen molar-refractivity contribution >= 4 is 10.8 Å². The molecule has 28 heavy (non-hydrogen) atoms. The smallest absolute Gasteiger partial charge is 0.0178 e. The third-order valence-corrected chi connectivity index (χ3v) is 5.29. The predicted octanol–water partition coefficient (Wildman–Crippen LogP) is 7.84. The maximum atomic E-state index is 2.26. The minimum atomic E-state index is 1.24. The highest BCUT2D eigenvalue weighted by Crippen LogP contribution is 2.29. The van der Waals surface area contributed by atoms with Gasteiger partial charge in [0, 0.05) is 0 Å². The topological polar surface area (TPSA) is 0 Å². The van der Waals surface area contributed by atoms with Gasteiger partial charge in [0.05, 0.1) is 0 Å². The molecular formula is C28H20. The van der Waals surface area contributed by atoms with E-state index in [0.717, 1.165) is 0 Å². The van der Waals surface area contributed by atoms with Gasteiger partial charge >= 0.3 is 0 Å². The summed E-state index contributed by atoms with van der Waals surface area (Å²) in [7, 11) is 0. The minimum absolute atomic E-state index is 1.24. The first-order chi connectivity index (χ1) is 13.9. The van der Waals surface area contributed by atoms with E-state index in [1.807, 2.05) is 0 Å². The number of rotatable bonds is 3. The van der Waals surface area contributed by atoms with E-state index in [1.165, 1.54) is 44.2 Å². The van der Waals surface area contributed by atoms with Crippen LogP contribution < -0.4 is 0 Å². The standard InChI is InChI=1S/C28H20/c1-2-6-21(7-3-1)23-10-12-24(13-11-23)25-14-16-26(17-15-25)28-19-18-22-8-4-5-9-27(22)20-28/h1-20H. The van der Waals surface area contributed by atoms with Crippen molar-refractivity contribution in [2.45, 2.75) is 0 Å². The maximum Gasteiger partial charge on any atom is -0.0178 e. The lowest BCUT2D eigenvalue weighted by molar-refractivity contribution is 1.58. The van der Waals surface area contributed by atoms with Crippen LogP contribution in [0, 0.1) is 0 Å². The largest absolute Gasteiger partial charge is 0.0622 e. The van der Waals surface area contributed by atoms with Gasteiger partial charge in [0.1, 0.15) is 0 Å². The molecule has 0 heteroatoms. The molecule has 132 valence electrons. The molecule has 5 aromatic rings. The van der Waals surface area contributed by atoms with Crippen molar-refractivity contribution in [2.75, 3.05) is 0 Å². The van der Waals surface area contributed by atoms with E-state index in [2.05, 4.69) is 121 Å². The van der Waals surface area contributed by atoms with Crippen LogP contribution in [0.2, 0.25) is 0 Å². The van der Waals surface area contributed by atoms with Crippen molar-refractivity contribution in [1.82, 2.24) is 0 Å². The first kappa shape index (κ1) is 16.5. The Kier molecular flexibility index (Phi) is 4.23. The van der Waals surface area contributed by atoms with Crippen molar-refractivity contribution in [3.05, 3.63) is 121 Å². The van der Waals surface area contributed by atoms with Gasteiger partial charge in [-0.15, -0.1) is 0 Å². The molecule has 0 aliphatic carbocycles. The fourth-order valence-corrected chi connectivity index (χ4v) is 3.71. The molecule has 0 saturated carbocycles. The van der Waals surface area contributed by atoms with Crippen LogP contribution in [-0.4, -0.2) is 0 Å². The first-order valence-corrected chi connectivity index (χ1v) is 9.62. The number of hydrogen-bond donors (Lipinski definition) is 0. The predicted molar refractivity (Wildman–Crippen MR) is 120 cm³/mol. The van der Waals surface area contributed by atoms with Gasteiger partial charge < -0.3 is 0 Å². The molecule has 0 heterocycles. The van der Waals surface area contributed by atoms with Crippen molar-refractivity contribution in [3.8, 4) is 33.4 Å². The number of hydrogen-bond acceptors (Lipinski definition) is 0. The molecule has 0 bridgehead atoms. The second-order valence-electron chi connectivity index (χ2n) is 7.08. The fraction of sp³-hybridized carbons (Fsp3) is 0. The molecule has 0 nitrogen and oxygen atoms in total. The van der Waals surface area contributed by atoms with Crippen molar-refractivity contribution in [3.63, 3.8) is 0 Å². The van der Waals surface area contributed by atoms with Gasteiger partial charge in [-0.05, 0) is 50.2 Å². The molecule has 0 fully saturated rings. The van der Waals surface area contributed by atoms with Gasteiger partial charge in [0.15, 0.2) is 0 Å². The summed E-state index contributed by atoms with van der Waals surface area (Å²) >= 11 is 0. The zero-order chi connectivity index (χ0) is 18.8. The highest BCUT2D eigenvalue weighted by molar-refractivity contribution is 5.87. The zero-order valence-electron chi connectivity index (χ0n) is 15.5. The molecule has 5 aromatic carbocycles. The summed E-state index contributed by atoms with van der Waals surface area (Å²) in [6.45, 7) is 0. The molecule has 0 spiro atoms. The molecule has 0 radical (unpaired) electrons. The highest BCUT2D eigenvalue weighted by atomic mass is 14.1. The van der Waals surface area contributed by atoms with E-state index in [0.29, 0.717) is 0 Å². The minimum Gasteiger partial charge on any atom is -0.0622 e. The highest BCUT2D eigenvalue weighted by Gasteiger charge is 2.03. The lowest BCUT2D eigenvalue weighted by atomic mass is 9.97. The monoisotopic (exact) mass is 356 g/mol. The van der Waals surface area contributed by atoms with E-state index >= 15 is 0 Å². The summed E-state index contributed by atoms with van der Waals surface area (Å²) in [6.07, 6.45) is 0. The summed E-state index contributed by atoms with van der Waals surface area (Å²) in [5, 5.41) is 2.56. The molecule has 0 N–H and O–H groups in total. The van der Waals surface area contributed by atoms with Crippen LogP contribution in [0.15, 0.2) is 121 Å². The van der Waals surface area contributed by atoms with Crippen molar-refractivity contribution in [2.24, 2.45) is 0 Å². The number of fused-ring (bicyclic) bond motifs is 1. The van der Waals surface area contributed by atoms with Crippen LogP contribution in [0.3, 0.4) is 0 Å². The summed E-state index contributed by atoms with van der Waals surface area (Å²) < 4.78 is 0. The fourth-order valence-electron chi connectivity index (χ4n) is 3.71. The summed E-state index contributed by atoms with van der Waals surface area (Å²) in [4.78, 5) is 0. The Morgan fingerprint density at radius 1 is 0.250 bits per heavy atom. The molecule has 0 aliphatic rings. The van der Waals surface area contributed by atoms with E-state index in [-0.39, 0.29) is 0 Å². The van der Waals surface area contributed by atoms with Gasteiger partial charge in [-0.25, -0.2) is 0 Å². The normalized spacial score (nSPS) is 10.9. The van der Waals surface area contributed by atoms with Gasteiger partial charge in [-0.3, -0.25) is 0 Å². The average molecular weight is 356 g/mol. The van der Waals surface area contributed by atoms with E-state index in [1.54, 1.807) is 0 Å². The van der Waals surface area contributed by atoms with Gasteiger partial charge in [0.2, 0.25) is 0 Å². The lowest BCUT2D eigenvalue weighted by Crippen LogP contribution is -1.82. The lowest BCUT2D eigenvalue weighted by Gasteiger charge is -2.08. The number of benzene rings is 5. The third-order valence-electron chi connectivity index (χ3n) is 5.29. The van der Waals surface area contributed by atoms with Crippen LogP contribution >= 0.6 is 0 Å². The van der Waals surface area contributed by atoms with Crippen LogP contribution in [0.5, 0.6) is 0 Å². The first-order valence-electron chi connectivity index (χ1n) is 9.62. The Morgan fingerprint density at radius 3 is 1.21 bits per heavy atom. The summed E-state index contributed by atoms with van der Waals surface area (Å²) in [5.41, 5.74) is 7.48. The maximum absolute atomic E-state index is 2.26. The summed E-state index contributed by atoms with van der Waals surface area (Å²) in [5.74, 6) is 0. The van der Waals surface area contributed by atoms with Crippen molar-refractivity contribution in [1.29, 1.82) is 0 Å². The molecule has 0 amide bonds. The molecule has 5 rings (SSSR count). The Hall–Kier alpha value is -3.64. The summed E-state index contributed by atoms with van der Waals surface area (Å²) in [6, 6.07) is 43.3. The van der Waals surface area contributed by atoms with Crippen LogP contribution in [0.25, 0.3) is 44.2 Å². The van der Waals surface area contributed by atoms with Crippen LogP contribution in [-0.2, 0) is 0 Å². The second kappa shape index (κ2) is 7.17. The Labute approximate surface area is 165 Å². The Bertz CT molecular complexity index is 1210. The van der Waals surface area contributed by atoms with E-state index < -0.39 is 0 Å². The van der Waals surface area contributed by atoms with Gasteiger partial charge in [0.25, 0.3) is 0 Å². The molecule has 0 aliphatic heterocycles. The molecular weight excluding hydrogens is 336 g/mol. The Morgan fingerprint density at radius 2 is 0.643 bits per heavy atom. The SMILES string of the molecule is c1ccc(-c2ccc(-c3ccc(-c4ccc5ccccc5c4)cc3)cc2)cc1. The zero-order valence-corrected chi connectivity index (χ0v) is 15.5. The molecule has 0 atom stereocenters. The van der Waals surface area contributed by atoms with E-state index in [4.69, 9.17) is 0 Å². The van der Waals surface area contributed by atoms with Gasteiger partial charge in [-0.1, -0.05) is 115 Å².